The molecular formula is C15H18N4O2S. The summed E-state index contributed by atoms with van der Waals surface area (Å²) in [6.07, 6.45) is 0. The first-order valence-corrected chi connectivity index (χ1v) is 7.62. The number of hydrogen-bond donors (Lipinski definition) is 2. The maximum absolute atomic E-state index is 12.0. The predicted molar refractivity (Wildman–Crippen MR) is 85.5 cm³/mol. The van der Waals surface area contributed by atoms with Crippen LogP contribution < -0.4 is 11.1 Å². The summed E-state index contributed by atoms with van der Waals surface area (Å²) in [5, 5.41) is 5.72. The molecule has 1 heterocycles. The number of amides is 3. The highest BCUT2D eigenvalue weighted by atomic mass is 32.1. The zero-order chi connectivity index (χ0) is 16.1. The zero-order valence-corrected chi connectivity index (χ0v) is 13.3. The number of carbonyl (C=O) groups is 2. The van der Waals surface area contributed by atoms with Gasteiger partial charge in [-0.05, 0) is 24.6 Å². The molecule has 1 aromatic heterocycles. The lowest BCUT2D eigenvalue weighted by Gasteiger charge is -2.17. The van der Waals surface area contributed by atoms with Crippen molar-refractivity contribution >= 4 is 23.3 Å². The molecule has 2 aromatic rings. The highest BCUT2D eigenvalue weighted by Crippen LogP contribution is 2.10. The molecule has 3 amide bonds. The van der Waals surface area contributed by atoms with Crippen LogP contribution in [0.4, 0.5) is 4.79 Å². The van der Waals surface area contributed by atoms with Crippen molar-refractivity contribution in [1.29, 1.82) is 0 Å². The number of nitrogens with one attached hydrogen (secondary N) is 1. The van der Waals surface area contributed by atoms with Crippen molar-refractivity contribution in [3.8, 4) is 0 Å². The summed E-state index contributed by atoms with van der Waals surface area (Å²) in [5.41, 5.74) is 7.36. The van der Waals surface area contributed by atoms with Crippen LogP contribution in [-0.2, 0) is 13.1 Å². The zero-order valence-electron chi connectivity index (χ0n) is 12.5. The molecule has 3 N–H and O–H groups in total. The van der Waals surface area contributed by atoms with Gasteiger partial charge in [0.05, 0.1) is 17.2 Å². The van der Waals surface area contributed by atoms with Crippen molar-refractivity contribution in [2.45, 2.75) is 20.0 Å². The minimum absolute atomic E-state index is 0.199. The van der Waals surface area contributed by atoms with Gasteiger partial charge in [0.2, 0.25) is 5.91 Å². The summed E-state index contributed by atoms with van der Waals surface area (Å²) in [6, 6.07) is 6.69. The second-order valence-corrected chi connectivity index (χ2v) is 6.00. The van der Waals surface area contributed by atoms with Gasteiger partial charge in [0.15, 0.2) is 0 Å². The molecular weight excluding hydrogens is 300 g/mol. The molecule has 22 heavy (non-hydrogen) atoms. The smallest absolute Gasteiger partial charge is 0.317 e. The predicted octanol–water partition coefficient (Wildman–Crippen LogP) is 1.89. The first-order valence-electron chi connectivity index (χ1n) is 6.74. The molecule has 0 radical (unpaired) electrons. The third-order valence-corrected chi connectivity index (χ3v) is 3.89. The average molecular weight is 318 g/mol. The van der Waals surface area contributed by atoms with Gasteiger partial charge in [-0.2, -0.15) is 0 Å². The highest BCUT2D eigenvalue weighted by molar-refractivity contribution is 7.09. The quantitative estimate of drug-likeness (QED) is 0.882. The topological polar surface area (TPSA) is 88.3 Å². The lowest BCUT2D eigenvalue weighted by Crippen LogP contribution is -2.36. The summed E-state index contributed by atoms with van der Waals surface area (Å²) in [7, 11) is 1.71. The van der Waals surface area contributed by atoms with Crippen LogP contribution >= 0.6 is 11.3 Å². The molecule has 0 fully saturated rings. The number of rotatable bonds is 5. The van der Waals surface area contributed by atoms with E-state index in [1.807, 2.05) is 18.4 Å². The SMILES string of the molecule is Cc1nc(CN(C)C(=O)NCc2cccc(C(N)=O)c2)cs1. The molecule has 116 valence electrons. The van der Waals surface area contributed by atoms with E-state index in [9.17, 15) is 9.59 Å². The van der Waals surface area contributed by atoms with Gasteiger partial charge in [0.25, 0.3) is 0 Å². The van der Waals surface area contributed by atoms with Gasteiger partial charge in [-0.3, -0.25) is 4.79 Å². The van der Waals surface area contributed by atoms with E-state index in [0.717, 1.165) is 16.3 Å². The molecule has 0 saturated carbocycles. The standard InChI is InChI=1S/C15H18N4O2S/c1-10-18-13(9-22-10)8-19(2)15(21)17-7-11-4-3-5-12(6-11)14(16)20/h3-6,9H,7-8H2,1-2H3,(H2,16,20)(H,17,21). The number of nitrogens with two attached hydrogens (primary N) is 1. The summed E-state index contributed by atoms with van der Waals surface area (Å²) in [6.45, 7) is 2.72. The van der Waals surface area contributed by atoms with Crippen molar-refractivity contribution in [2.75, 3.05) is 7.05 Å². The minimum Gasteiger partial charge on any atom is -0.366 e. The molecule has 0 spiro atoms. The molecule has 0 aliphatic carbocycles. The van der Waals surface area contributed by atoms with Crippen LogP contribution in [0.1, 0.15) is 26.6 Å². The van der Waals surface area contributed by atoms with Gasteiger partial charge in [-0.1, -0.05) is 12.1 Å². The van der Waals surface area contributed by atoms with E-state index in [1.54, 1.807) is 41.5 Å². The van der Waals surface area contributed by atoms with Gasteiger partial charge in [-0.25, -0.2) is 9.78 Å². The van der Waals surface area contributed by atoms with Gasteiger partial charge in [0.1, 0.15) is 0 Å². The minimum atomic E-state index is -0.482. The lowest BCUT2D eigenvalue weighted by molar-refractivity contribution is 0.1000. The van der Waals surface area contributed by atoms with Gasteiger partial charge < -0.3 is 16.0 Å². The van der Waals surface area contributed by atoms with Gasteiger partial charge in [0, 0.05) is 24.5 Å². The molecule has 0 aliphatic heterocycles. The summed E-state index contributed by atoms with van der Waals surface area (Å²) in [5.74, 6) is -0.482. The van der Waals surface area contributed by atoms with Crippen LogP contribution in [0.2, 0.25) is 0 Å². The van der Waals surface area contributed by atoms with E-state index in [1.165, 1.54) is 0 Å². The second-order valence-electron chi connectivity index (χ2n) is 4.94. The molecule has 2 rings (SSSR count). The van der Waals surface area contributed by atoms with Gasteiger partial charge in [-0.15, -0.1) is 11.3 Å². The number of carbonyl (C=O) groups excluding carboxylic acids is 2. The lowest BCUT2D eigenvalue weighted by atomic mass is 10.1. The number of nitrogens with zero attached hydrogens (tertiary/aromatic N) is 2. The van der Waals surface area contributed by atoms with E-state index < -0.39 is 5.91 Å². The number of hydrogen-bond acceptors (Lipinski definition) is 4. The Hall–Kier alpha value is -2.41. The van der Waals surface area contributed by atoms with Crippen molar-refractivity contribution in [2.24, 2.45) is 5.73 Å². The Morgan fingerprint density at radius 3 is 2.82 bits per heavy atom. The monoisotopic (exact) mass is 318 g/mol. The maximum atomic E-state index is 12.0. The van der Waals surface area contributed by atoms with E-state index in [4.69, 9.17) is 5.73 Å². The van der Waals surface area contributed by atoms with Crippen LogP contribution in [0, 0.1) is 6.92 Å². The van der Waals surface area contributed by atoms with E-state index in [2.05, 4.69) is 10.3 Å². The van der Waals surface area contributed by atoms with Gasteiger partial charge >= 0.3 is 6.03 Å². The fraction of sp³-hybridized carbons (Fsp3) is 0.267. The fourth-order valence-electron chi connectivity index (χ4n) is 1.94. The van der Waals surface area contributed by atoms with E-state index >= 15 is 0 Å². The van der Waals surface area contributed by atoms with Crippen LogP contribution in [0.3, 0.4) is 0 Å². The van der Waals surface area contributed by atoms with Crippen LogP contribution in [-0.4, -0.2) is 28.9 Å². The highest BCUT2D eigenvalue weighted by Gasteiger charge is 2.10. The average Bonchev–Trinajstić information content (AvgIpc) is 2.90. The van der Waals surface area contributed by atoms with E-state index in [-0.39, 0.29) is 6.03 Å². The Labute approximate surface area is 133 Å². The summed E-state index contributed by atoms with van der Waals surface area (Å²) < 4.78 is 0. The van der Waals surface area contributed by atoms with Crippen molar-refractivity contribution in [3.05, 3.63) is 51.5 Å². The van der Waals surface area contributed by atoms with Crippen molar-refractivity contribution < 1.29 is 9.59 Å². The van der Waals surface area contributed by atoms with Crippen LogP contribution in [0.25, 0.3) is 0 Å². The maximum Gasteiger partial charge on any atom is 0.317 e. The Balaban J connectivity index is 1.89. The molecule has 1 aromatic carbocycles. The first kappa shape index (κ1) is 16.0. The third-order valence-electron chi connectivity index (χ3n) is 3.07. The number of benzene rings is 1. The molecule has 0 bridgehead atoms. The number of primary amides is 1. The van der Waals surface area contributed by atoms with Crippen molar-refractivity contribution in [1.82, 2.24) is 15.2 Å². The Bertz CT molecular complexity index is 684. The first-order chi connectivity index (χ1) is 10.5. The molecule has 0 unspecified atom stereocenters. The summed E-state index contributed by atoms with van der Waals surface area (Å²) >= 11 is 1.56. The Morgan fingerprint density at radius 1 is 1.41 bits per heavy atom. The molecule has 7 heteroatoms. The Morgan fingerprint density at radius 2 is 2.18 bits per heavy atom. The largest absolute Gasteiger partial charge is 0.366 e. The second kappa shape index (κ2) is 7.04. The van der Waals surface area contributed by atoms with Crippen LogP contribution in [0.5, 0.6) is 0 Å². The normalized spacial score (nSPS) is 10.3. The number of aromatic nitrogens is 1. The number of thiazole rings is 1. The Kier molecular flexibility index (Phi) is 5.11. The fourth-order valence-corrected chi connectivity index (χ4v) is 2.55. The van der Waals surface area contributed by atoms with E-state index in [0.29, 0.717) is 18.7 Å². The summed E-state index contributed by atoms with van der Waals surface area (Å²) in [4.78, 5) is 29.1. The van der Waals surface area contributed by atoms with Crippen LogP contribution in [0.15, 0.2) is 29.6 Å². The number of aryl methyl sites for hydroxylation is 1. The molecule has 0 aliphatic rings. The molecule has 0 saturated heterocycles. The third kappa shape index (κ3) is 4.29. The molecule has 6 nitrogen and oxygen atoms in total. The number of urea groups is 1. The van der Waals surface area contributed by atoms with Crippen molar-refractivity contribution in [3.63, 3.8) is 0 Å². The molecule has 0 atom stereocenters.